The van der Waals surface area contributed by atoms with Gasteiger partial charge in [0.2, 0.25) is 0 Å². The molecule has 0 bridgehead atoms. The highest BCUT2D eigenvalue weighted by Crippen LogP contribution is 2.50. The largest absolute Gasteiger partial charge is 0.449 e. The van der Waals surface area contributed by atoms with Gasteiger partial charge in [-0.15, -0.1) is 0 Å². The van der Waals surface area contributed by atoms with Crippen molar-refractivity contribution < 1.29 is 4.74 Å². The Hall–Kier alpha value is -1.02. The van der Waals surface area contributed by atoms with E-state index in [1.807, 2.05) is 6.07 Å². The molecule has 0 saturated heterocycles. The maximum Gasteiger partial charge on any atom is 0.178 e. The Morgan fingerprint density at radius 1 is 1.20 bits per heavy atom. The van der Waals surface area contributed by atoms with E-state index in [4.69, 9.17) is 4.74 Å². The molecule has 1 aromatic carbocycles. The van der Waals surface area contributed by atoms with Gasteiger partial charge in [-0.1, -0.05) is 0 Å². The average Bonchev–Trinajstić information content (AvgIpc) is 2.60. The van der Waals surface area contributed by atoms with Crippen LogP contribution in [-0.2, 0) is 0 Å². The number of rotatable bonds is 0. The molecule has 0 spiro atoms. The van der Waals surface area contributed by atoms with Crippen LogP contribution < -0.4 is 4.74 Å². The fourth-order valence-corrected chi connectivity index (χ4v) is 1.97. The van der Waals surface area contributed by atoms with Crippen molar-refractivity contribution in [3.05, 3.63) is 22.9 Å². The van der Waals surface area contributed by atoms with Gasteiger partial charge >= 0.3 is 0 Å². The van der Waals surface area contributed by atoms with Crippen LogP contribution >= 0.6 is 11.3 Å². The molecule has 1 aromatic heterocycles. The normalized spacial score (nSPS) is 12.8. The van der Waals surface area contributed by atoms with Gasteiger partial charge in [0.25, 0.3) is 0 Å². The zero-order chi connectivity index (χ0) is 6.55. The predicted octanol–water partition coefficient (Wildman–Crippen LogP) is 3.01. The lowest BCUT2D eigenvalue weighted by Crippen LogP contribution is -1.51. The van der Waals surface area contributed by atoms with E-state index in [0.717, 1.165) is 11.5 Å². The second-order valence-corrected chi connectivity index (χ2v) is 3.11. The summed E-state index contributed by atoms with van der Waals surface area (Å²) in [5, 5.41) is 6.82. The molecule has 3 rings (SSSR count). The second kappa shape index (κ2) is 1.35. The minimum absolute atomic E-state index is 1.05. The molecule has 0 radical (unpaired) electrons. The Bertz CT molecular complexity index is 403. The third-order valence-corrected chi connectivity index (χ3v) is 2.51. The number of benzene rings is 1. The molecule has 2 heteroatoms. The highest BCUT2D eigenvalue weighted by atomic mass is 32.1. The smallest absolute Gasteiger partial charge is 0.178 e. The fraction of sp³-hybridized carbons (Fsp3) is 0. The van der Waals surface area contributed by atoms with Crippen molar-refractivity contribution in [2.45, 2.75) is 0 Å². The number of hydrogen-bond acceptors (Lipinski definition) is 2. The van der Waals surface area contributed by atoms with Gasteiger partial charge in [-0.2, -0.15) is 11.3 Å². The lowest BCUT2D eigenvalue weighted by molar-refractivity contribution is 0.653. The summed E-state index contributed by atoms with van der Waals surface area (Å²) >= 11 is 1.72. The Balaban J connectivity index is 2.64. The quantitative estimate of drug-likeness (QED) is 0.446. The highest BCUT2D eigenvalue weighted by Gasteiger charge is 2.22. The topological polar surface area (TPSA) is 12.5 Å². The van der Waals surface area contributed by atoms with Crippen LogP contribution in [-0.4, -0.2) is 0 Å². The van der Waals surface area contributed by atoms with E-state index < -0.39 is 0 Å². The Morgan fingerprint density at radius 2 is 2.20 bits per heavy atom. The average molecular weight is 148 g/mol. The van der Waals surface area contributed by atoms with Gasteiger partial charge in [-0.3, -0.25) is 0 Å². The molecule has 0 N–H and O–H groups in total. The third-order valence-electron chi connectivity index (χ3n) is 1.74. The van der Waals surface area contributed by atoms with Crippen LogP contribution in [0.4, 0.5) is 0 Å². The van der Waals surface area contributed by atoms with E-state index in [2.05, 4.69) is 16.8 Å². The van der Waals surface area contributed by atoms with E-state index in [1.54, 1.807) is 11.3 Å². The molecule has 2 aromatic rings. The standard InChI is InChI=1S/C8H4OS/c1-2-7-8(9-7)6-4-10-3-5(1)6/h1-4H. The lowest BCUT2D eigenvalue weighted by Gasteiger charge is -1.76. The van der Waals surface area contributed by atoms with Crippen LogP contribution in [0, 0.1) is 0 Å². The first-order chi connectivity index (χ1) is 4.95. The van der Waals surface area contributed by atoms with E-state index in [-0.39, 0.29) is 0 Å². The molecule has 1 aliphatic heterocycles. The molecule has 10 heavy (non-hydrogen) atoms. The Kier molecular flexibility index (Phi) is 0.640. The zero-order valence-electron chi connectivity index (χ0n) is 5.13. The molecular formula is C8H4OS. The first kappa shape index (κ1) is 4.74. The number of hydrogen-bond donors (Lipinski definition) is 0. The molecule has 0 atom stereocenters. The third kappa shape index (κ3) is 0.434. The molecule has 1 nitrogen and oxygen atoms in total. The van der Waals surface area contributed by atoms with Crippen LogP contribution in [0.3, 0.4) is 0 Å². The van der Waals surface area contributed by atoms with Crippen molar-refractivity contribution in [1.29, 1.82) is 0 Å². The van der Waals surface area contributed by atoms with E-state index in [9.17, 15) is 0 Å². The van der Waals surface area contributed by atoms with Gasteiger partial charge in [0.1, 0.15) is 0 Å². The first-order valence-corrected chi connectivity index (χ1v) is 4.06. The van der Waals surface area contributed by atoms with Crippen LogP contribution in [0.15, 0.2) is 22.9 Å². The molecule has 1 aliphatic rings. The number of ether oxygens (including phenoxy) is 1. The van der Waals surface area contributed by atoms with Gasteiger partial charge in [0.05, 0.1) is 0 Å². The van der Waals surface area contributed by atoms with Crippen molar-refractivity contribution in [3.8, 4) is 11.5 Å². The minimum atomic E-state index is 1.05. The van der Waals surface area contributed by atoms with Crippen molar-refractivity contribution in [3.63, 3.8) is 0 Å². The molecule has 0 amide bonds. The summed E-state index contributed by atoms with van der Waals surface area (Å²) in [6, 6.07) is 4.11. The maximum atomic E-state index is 5.22. The molecule has 0 saturated carbocycles. The van der Waals surface area contributed by atoms with Crippen LogP contribution in [0.25, 0.3) is 10.8 Å². The minimum Gasteiger partial charge on any atom is -0.449 e. The summed E-state index contributed by atoms with van der Waals surface area (Å²) in [5.41, 5.74) is 0. The fourth-order valence-electron chi connectivity index (χ4n) is 1.17. The Labute approximate surface area is 61.9 Å². The van der Waals surface area contributed by atoms with Crippen LogP contribution in [0.2, 0.25) is 0 Å². The molecule has 0 fully saturated rings. The SMILES string of the molecule is c1cc2cscc2c2c1O2. The van der Waals surface area contributed by atoms with E-state index in [0.29, 0.717) is 0 Å². The predicted molar refractivity (Wildman–Crippen MR) is 41.9 cm³/mol. The zero-order valence-corrected chi connectivity index (χ0v) is 5.94. The van der Waals surface area contributed by atoms with Gasteiger partial charge in [-0.25, -0.2) is 0 Å². The van der Waals surface area contributed by atoms with Crippen molar-refractivity contribution in [1.82, 2.24) is 0 Å². The van der Waals surface area contributed by atoms with Crippen LogP contribution in [0.5, 0.6) is 11.5 Å². The van der Waals surface area contributed by atoms with E-state index >= 15 is 0 Å². The van der Waals surface area contributed by atoms with Crippen molar-refractivity contribution in [2.75, 3.05) is 0 Å². The van der Waals surface area contributed by atoms with Gasteiger partial charge in [0.15, 0.2) is 11.5 Å². The molecule has 48 valence electrons. The number of fused-ring (bicyclic) bond motifs is 3. The highest BCUT2D eigenvalue weighted by molar-refractivity contribution is 7.09. The summed E-state index contributed by atoms with van der Waals surface area (Å²) in [7, 11) is 0. The van der Waals surface area contributed by atoms with Gasteiger partial charge in [-0.05, 0) is 22.9 Å². The van der Waals surface area contributed by atoms with Crippen molar-refractivity contribution in [2.24, 2.45) is 0 Å². The molecule has 0 aliphatic carbocycles. The molecule has 2 heterocycles. The number of thiophene rings is 1. The summed E-state index contributed by atoms with van der Waals surface area (Å²) in [5.74, 6) is 2.13. The lowest BCUT2D eigenvalue weighted by atomic mass is 10.2. The van der Waals surface area contributed by atoms with Crippen LogP contribution in [0.1, 0.15) is 0 Å². The summed E-state index contributed by atoms with van der Waals surface area (Å²) in [4.78, 5) is 0. The second-order valence-electron chi connectivity index (χ2n) is 2.37. The molecule has 0 unspecified atom stereocenters. The monoisotopic (exact) mass is 148 g/mol. The Morgan fingerprint density at radius 3 is 3.20 bits per heavy atom. The summed E-state index contributed by atoms with van der Waals surface area (Å²) in [6.45, 7) is 0. The maximum absolute atomic E-state index is 5.22. The first-order valence-electron chi connectivity index (χ1n) is 3.12. The summed E-state index contributed by atoms with van der Waals surface area (Å²) in [6.07, 6.45) is 0. The summed E-state index contributed by atoms with van der Waals surface area (Å²) < 4.78 is 5.22. The molecular weight excluding hydrogens is 144 g/mol. The van der Waals surface area contributed by atoms with Crippen molar-refractivity contribution >= 4 is 22.1 Å². The van der Waals surface area contributed by atoms with Gasteiger partial charge < -0.3 is 4.74 Å². The van der Waals surface area contributed by atoms with Gasteiger partial charge in [0, 0.05) is 10.8 Å². The van der Waals surface area contributed by atoms with E-state index in [1.165, 1.54) is 10.8 Å².